The van der Waals surface area contributed by atoms with Crippen LogP contribution in [0.25, 0.3) is 0 Å². The Hall–Kier alpha value is -2.63. The van der Waals surface area contributed by atoms with Gasteiger partial charge in [-0.05, 0) is 18.6 Å². The molecule has 0 fully saturated rings. The van der Waals surface area contributed by atoms with Gasteiger partial charge in [0.1, 0.15) is 6.61 Å². The van der Waals surface area contributed by atoms with Crippen LogP contribution >= 0.6 is 0 Å². The van der Waals surface area contributed by atoms with Gasteiger partial charge in [0.2, 0.25) is 0 Å². The molecule has 0 saturated carbocycles. The van der Waals surface area contributed by atoms with Crippen molar-refractivity contribution < 1.29 is 9.76 Å². The quantitative estimate of drug-likeness (QED) is 0.620. The van der Waals surface area contributed by atoms with E-state index in [2.05, 4.69) is 5.16 Å². The molecule has 0 aliphatic carbocycles. The summed E-state index contributed by atoms with van der Waals surface area (Å²) >= 11 is 0. The highest BCUT2D eigenvalue weighted by Gasteiger charge is 2.05. The zero-order chi connectivity index (χ0) is 14.4. The summed E-state index contributed by atoms with van der Waals surface area (Å²) in [7, 11) is 0. The highest BCUT2D eigenvalue weighted by atomic mass is 16.6. The van der Waals surface area contributed by atoms with Crippen molar-refractivity contribution in [1.82, 2.24) is 4.57 Å². The van der Waals surface area contributed by atoms with E-state index in [1.807, 2.05) is 37.3 Å². The van der Waals surface area contributed by atoms with Crippen LogP contribution in [0.15, 0.2) is 53.8 Å². The van der Waals surface area contributed by atoms with Gasteiger partial charge in [-0.2, -0.15) is 0 Å². The average Bonchev–Trinajstić information content (AvgIpc) is 2.48. The third kappa shape index (κ3) is 3.44. The van der Waals surface area contributed by atoms with E-state index in [0.29, 0.717) is 18.6 Å². The Morgan fingerprint density at radius 1 is 1.25 bits per heavy atom. The first-order chi connectivity index (χ1) is 9.70. The molecule has 0 aliphatic rings. The molecule has 1 aromatic carbocycles. The SMILES string of the molecule is CCn1cc([N+](=O)[O-])cc/c1=N/OCc1ccccc1. The third-order valence-corrected chi connectivity index (χ3v) is 2.77. The van der Waals surface area contributed by atoms with Crippen molar-refractivity contribution in [2.24, 2.45) is 5.16 Å². The zero-order valence-electron chi connectivity index (χ0n) is 11.1. The Labute approximate surface area is 116 Å². The molecule has 2 rings (SSSR count). The summed E-state index contributed by atoms with van der Waals surface area (Å²) in [6.07, 6.45) is 1.45. The molecule has 20 heavy (non-hydrogen) atoms. The number of rotatable bonds is 5. The van der Waals surface area contributed by atoms with Gasteiger partial charge in [0.15, 0.2) is 5.49 Å². The van der Waals surface area contributed by atoms with Crippen molar-refractivity contribution in [1.29, 1.82) is 0 Å². The fourth-order valence-electron chi connectivity index (χ4n) is 1.72. The molecule has 0 amide bonds. The predicted molar refractivity (Wildman–Crippen MR) is 73.6 cm³/mol. The largest absolute Gasteiger partial charge is 0.389 e. The Morgan fingerprint density at radius 2 is 2.00 bits per heavy atom. The highest BCUT2D eigenvalue weighted by Crippen LogP contribution is 2.06. The minimum absolute atomic E-state index is 0.0360. The van der Waals surface area contributed by atoms with Crippen LogP contribution in [0.5, 0.6) is 0 Å². The van der Waals surface area contributed by atoms with E-state index >= 15 is 0 Å². The minimum atomic E-state index is -0.430. The summed E-state index contributed by atoms with van der Waals surface area (Å²) in [5.41, 5.74) is 1.60. The summed E-state index contributed by atoms with van der Waals surface area (Å²) < 4.78 is 1.67. The molecular formula is C14H15N3O3. The maximum atomic E-state index is 10.7. The van der Waals surface area contributed by atoms with Crippen LogP contribution in [0.3, 0.4) is 0 Å². The molecule has 0 bridgehead atoms. The monoisotopic (exact) mass is 273 g/mol. The van der Waals surface area contributed by atoms with Gasteiger partial charge < -0.3 is 9.40 Å². The normalized spacial score (nSPS) is 11.3. The lowest BCUT2D eigenvalue weighted by Crippen LogP contribution is -2.20. The molecule has 0 saturated heterocycles. The number of nitro groups is 1. The van der Waals surface area contributed by atoms with Gasteiger partial charge in [0.05, 0.1) is 11.1 Å². The second-order valence-electron chi connectivity index (χ2n) is 4.14. The van der Waals surface area contributed by atoms with Crippen LogP contribution in [0.4, 0.5) is 5.69 Å². The molecule has 6 nitrogen and oxygen atoms in total. The molecule has 0 radical (unpaired) electrons. The molecule has 0 aliphatic heterocycles. The summed E-state index contributed by atoms with van der Waals surface area (Å²) in [5, 5.41) is 14.7. The van der Waals surface area contributed by atoms with Crippen molar-refractivity contribution in [3.63, 3.8) is 0 Å². The lowest BCUT2D eigenvalue weighted by atomic mass is 10.2. The van der Waals surface area contributed by atoms with Crippen molar-refractivity contribution >= 4 is 5.69 Å². The number of aryl methyl sites for hydroxylation is 1. The van der Waals surface area contributed by atoms with Crippen molar-refractivity contribution in [2.45, 2.75) is 20.1 Å². The van der Waals surface area contributed by atoms with E-state index in [9.17, 15) is 10.1 Å². The van der Waals surface area contributed by atoms with Gasteiger partial charge in [-0.25, -0.2) is 0 Å². The van der Waals surface area contributed by atoms with Crippen molar-refractivity contribution in [2.75, 3.05) is 0 Å². The van der Waals surface area contributed by atoms with Crippen LogP contribution in [0, 0.1) is 10.1 Å². The Morgan fingerprint density at radius 3 is 2.65 bits per heavy atom. The molecule has 104 valence electrons. The van der Waals surface area contributed by atoms with Crippen LogP contribution in [-0.4, -0.2) is 9.49 Å². The van der Waals surface area contributed by atoms with E-state index in [0.717, 1.165) is 5.56 Å². The average molecular weight is 273 g/mol. The van der Waals surface area contributed by atoms with Crippen LogP contribution in [0.2, 0.25) is 0 Å². The van der Waals surface area contributed by atoms with Crippen LogP contribution < -0.4 is 5.49 Å². The van der Waals surface area contributed by atoms with Crippen LogP contribution in [0.1, 0.15) is 12.5 Å². The molecule has 2 aromatic rings. The van der Waals surface area contributed by atoms with Gasteiger partial charge in [0, 0.05) is 12.6 Å². The van der Waals surface area contributed by atoms with Crippen molar-refractivity contribution in [3.05, 3.63) is 69.8 Å². The van der Waals surface area contributed by atoms with E-state index in [1.54, 1.807) is 10.6 Å². The second-order valence-corrected chi connectivity index (χ2v) is 4.14. The molecular weight excluding hydrogens is 258 g/mol. The van der Waals surface area contributed by atoms with E-state index < -0.39 is 4.92 Å². The van der Waals surface area contributed by atoms with Crippen molar-refractivity contribution in [3.8, 4) is 0 Å². The van der Waals surface area contributed by atoms with Gasteiger partial charge in [0.25, 0.3) is 5.69 Å². The highest BCUT2D eigenvalue weighted by molar-refractivity contribution is 5.24. The Balaban J connectivity index is 2.15. The first kappa shape index (κ1) is 13.8. The molecule has 0 atom stereocenters. The van der Waals surface area contributed by atoms with E-state index in [4.69, 9.17) is 4.84 Å². The van der Waals surface area contributed by atoms with E-state index in [1.165, 1.54) is 12.3 Å². The standard InChI is InChI=1S/C14H15N3O3/c1-2-16-10-13(17(18)19)8-9-14(16)15-20-11-12-6-4-3-5-7-12/h3-10H,2,11H2,1H3/b15-14-. The predicted octanol–water partition coefficient (Wildman–Crippen LogP) is 2.45. The maximum absolute atomic E-state index is 10.7. The zero-order valence-corrected chi connectivity index (χ0v) is 11.1. The number of pyridine rings is 1. The van der Waals surface area contributed by atoms with E-state index in [-0.39, 0.29) is 5.69 Å². The first-order valence-corrected chi connectivity index (χ1v) is 6.25. The summed E-state index contributed by atoms with van der Waals surface area (Å²) in [6, 6.07) is 12.7. The molecule has 0 unspecified atom stereocenters. The summed E-state index contributed by atoms with van der Waals surface area (Å²) in [4.78, 5) is 15.6. The topological polar surface area (TPSA) is 69.7 Å². The Bertz CT molecular complexity index is 650. The number of aromatic nitrogens is 1. The molecule has 0 N–H and O–H groups in total. The number of hydrogen-bond donors (Lipinski definition) is 0. The van der Waals surface area contributed by atoms with Gasteiger partial charge in [-0.1, -0.05) is 35.5 Å². The molecule has 1 aromatic heterocycles. The Kier molecular flexibility index (Phi) is 4.49. The number of hydrogen-bond acceptors (Lipinski definition) is 4. The third-order valence-electron chi connectivity index (χ3n) is 2.77. The number of benzene rings is 1. The number of nitrogens with zero attached hydrogens (tertiary/aromatic N) is 3. The molecule has 0 spiro atoms. The fourth-order valence-corrected chi connectivity index (χ4v) is 1.72. The summed E-state index contributed by atoms with van der Waals surface area (Å²) in [6.45, 7) is 2.83. The van der Waals surface area contributed by atoms with Gasteiger partial charge in [-0.3, -0.25) is 10.1 Å². The van der Waals surface area contributed by atoms with Gasteiger partial charge in [-0.15, -0.1) is 0 Å². The molecule has 6 heteroatoms. The second kappa shape index (κ2) is 6.51. The smallest absolute Gasteiger partial charge is 0.285 e. The fraction of sp³-hybridized carbons (Fsp3) is 0.214. The minimum Gasteiger partial charge on any atom is -0.389 e. The lowest BCUT2D eigenvalue weighted by molar-refractivity contribution is -0.385. The molecule has 1 heterocycles. The van der Waals surface area contributed by atoms with Crippen LogP contribution in [-0.2, 0) is 18.0 Å². The van der Waals surface area contributed by atoms with Gasteiger partial charge >= 0.3 is 0 Å². The lowest BCUT2D eigenvalue weighted by Gasteiger charge is -2.04. The summed E-state index contributed by atoms with van der Waals surface area (Å²) in [5.74, 6) is 0. The maximum Gasteiger partial charge on any atom is 0.285 e. The first-order valence-electron chi connectivity index (χ1n) is 6.25.